The molecule has 0 spiro atoms. The van der Waals surface area contributed by atoms with E-state index in [1.807, 2.05) is 41.3 Å². The first-order chi connectivity index (χ1) is 15.2. The number of amides is 1. The summed E-state index contributed by atoms with van der Waals surface area (Å²) < 4.78 is 11.2. The first-order valence-corrected chi connectivity index (χ1v) is 11.2. The maximum atomic E-state index is 13.0. The van der Waals surface area contributed by atoms with Crippen LogP contribution in [0.3, 0.4) is 0 Å². The Kier molecular flexibility index (Phi) is 5.44. The van der Waals surface area contributed by atoms with Crippen LogP contribution in [0, 0.1) is 0 Å². The highest BCUT2D eigenvalue weighted by molar-refractivity contribution is 7.13. The van der Waals surface area contributed by atoms with Crippen molar-refractivity contribution in [2.75, 3.05) is 33.3 Å². The molecule has 7 heteroatoms. The van der Waals surface area contributed by atoms with E-state index in [0.717, 1.165) is 41.3 Å². The molecule has 1 fully saturated rings. The summed E-state index contributed by atoms with van der Waals surface area (Å²) in [5, 5.41) is 4.05. The zero-order valence-corrected chi connectivity index (χ0v) is 18.1. The van der Waals surface area contributed by atoms with E-state index in [4.69, 9.17) is 14.1 Å². The smallest absolute Gasteiger partial charge is 0.289 e. The Morgan fingerprint density at radius 1 is 1.10 bits per heavy atom. The Bertz CT molecular complexity index is 1190. The molecule has 4 aromatic rings. The summed E-state index contributed by atoms with van der Waals surface area (Å²) in [5.41, 5.74) is 2.84. The fourth-order valence-electron chi connectivity index (χ4n) is 3.89. The van der Waals surface area contributed by atoms with Crippen LogP contribution in [0.15, 0.2) is 64.4 Å². The summed E-state index contributed by atoms with van der Waals surface area (Å²) in [6, 6.07) is 17.7. The monoisotopic (exact) mass is 433 g/mol. The van der Waals surface area contributed by atoms with Crippen LogP contribution in [0.4, 0.5) is 0 Å². The molecular weight excluding hydrogens is 410 g/mol. The van der Waals surface area contributed by atoms with Crippen LogP contribution in [-0.2, 0) is 6.54 Å². The highest BCUT2D eigenvalue weighted by Gasteiger charge is 2.25. The maximum Gasteiger partial charge on any atom is 0.289 e. The number of carbonyl (C=O) groups excluding carboxylic acids is 1. The van der Waals surface area contributed by atoms with E-state index in [9.17, 15) is 4.79 Å². The topological polar surface area (TPSA) is 58.8 Å². The molecule has 0 N–H and O–H groups in total. The van der Waals surface area contributed by atoms with Crippen LogP contribution in [0.2, 0.25) is 0 Å². The third kappa shape index (κ3) is 4.06. The first-order valence-electron chi connectivity index (χ1n) is 10.3. The number of carbonyl (C=O) groups is 1. The minimum absolute atomic E-state index is 0.0714. The second kappa shape index (κ2) is 8.53. The average molecular weight is 434 g/mol. The standard InChI is InChI=1S/C24H23N3O3S/c1-29-20-9-5-8-18-14-21(30-22(18)20)24(28)27-12-10-26(11-13-27)15-19-16-31-23(25-19)17-6-3-2-4-7-17/h2-9,14,16H,10-13,15H2,1H3. The number of nitrogens with zero attached hydrogens (tertiary/aromatic N) is 3. The van der Waals surface area contributed by atoms with Crippen LogP contribution in [0.1, 0.15) is 16.2 Å². The van der Waals surface area contributed by atoms with E-state index in [1.165, 1.54) is 0 Å². The van der Waals surface area contributed by atoms with E-state index < -0.39 is 0 Å². The van der Waals surface area contributed by atoms with Gasteiger partial charge in [0.25, 0.3) is 5.91 Å². The third-order valence-corrected chi connectivity index (χ3v) is 6.50. The predicted molar refractivity (Wildman–Crippen MR) is 121 cm³/mol. The molecule has 2 aromatic heterocycles. The number of para-hydroxylation sites is 1. The van der Waals surface area contributed by atoms with E-state index in [-0.39, 0.29) is 5.91 Å². The van der Waals surface area contributed by atoms with Crippen molar-refractivity contribution in [3.63, 3.8) is 0 Å². The Morgan fingerprint density at radius 3 is 2.68 bits per heavy atom. The average Bonchev–Trinajstić information content (AvgIpc) is 3.47. The number of furan rings is 1. The van der Waals surface area contributed by atoms with Gasteiger partial charge in [-0.3, -0.25) is 9.69 Å². The number of fused-ring (bicyclic) bond motifs is 1. The third-order valence-electron chi connectivity index (χ3n) is 5.56. The molecule has 0 bridgehead atoms. The van der Waals surface area contributed by atoms with E-state index in [1.54, 1.807) is 24.5 Å². The van der Waals surface area contributed by atoms with Gasteiger partial charge in [-0.25, -0.2) is 4.98 Å². The Balaban J connectivity index is 1.21. The number of hydrogen-bond acceptors (Lipinski definition) is 6. The van der Waals surface area contributed by atoms with Gasteiger partial charge in [0.2, 0.25) is 0 Å². The van der Waals surface area contributed by atoms with E-state index in [0.29, 0.717) is 30.2 Å². The zero-order chi connectivity index (χ0) is 21.2. The molecule has 1 saturated heterocycles. The van der Waals surface area contributed by atoms with Gasteiger partial charge < -0.3 is 14.1 Å². The van der Waals surface area contributed by atoms with Gasteiger partial charge in [-0.1, -0.05) is 42.5 Å². The summed E-state index contributed by atoms with van der Waals surface area (Å²) in [4.78, 5) is 21.9. The number of hydrogen-bond donors (Lipinski definition) is 0. The van der Waals surface area contributed by atoms with E-state index >= 15 is 0 Å². The largest absolute Gasteiger partial charge is 0.493 e. The van der Waals surface area contributed by atoms with Crippen molar-refractivity contribution in [3.05, 3.63) is 71.4 Å². The minimum atomic E-state index is -0.0714. The van der Waals surface area contributed by atoms with Gasteiger partial charge in [-0.05, 0) is 12.1 Å². The lowest BCUT2D eigenvalue weighted by Crippen LogP contribution is -2.48. The molecule has 6 nitrogen and oxygen atoms in total. The molecule has 0 aliphatic carbocycles. The number of benzene rings is 2. The maximum absolute atomic E-state index is 13.0. The molecule has 1 aliphatic rings. The van der Waals surface area contributed by atoms with Gasteiger partial charge in [-0.2, -0.15) is 0 Å². The number of piperazine rings is 1. The Morgan fingerprint density at radius 2 is 1.90 bits per heavy atom. The Labute approximate surface area is 184 Å². The van der Waals surface area contributed by atoms with Crippen LogP contribution < -0.4 is 4.74 Å². The van der Waals surface area contributed by atoms with Crippen LogP contribution >= 0.6 is 11.3 Å². The lowest BCUT2D eigenvalue weighted by molar-refractivity contribution is 0.0599. The van der Waals surface area contributed by atoms with Crippen molar-refractivity contribution in [1.29, 1.82) is 0 Å². The second-order valence-corrected chi connectivity index (χ2v) is 8.43. The molecule has 1 aliphatic heterocycles. The number of aromatic nitrogens is 1. The number of rotatable bonds is 5. The van der Waals surface area contributed by atoms with Crippen molar-refractivity contribution < 1.29 is 13.9 Å². The first kappa shape index (κ1) is 19.8. The SMILES string of the molecule is COc1cccc2cc(C(=O)N3CCN(Cc4csc(-c5ccccc5)n4)CC3)oc12. The number of thiazole rings is 1. The van der Waals surface area contributed by atoms with Crippen LogP contribution in [0.25, 0.3) is 21.5 Å². The molecule has 158 valence electrons. The lowest BCUT2D eigenvalue weighted by Gasteiger charge is -2.33. The van der Waals surface area contributed by atoms with Crippen molar-refractivity contribution in [1.82, 2.24) is 14.8 Å². The lowest BCUT2D eigenvalue weighted by atomic mass is 10.2. The molecule has 0 unspecified atom stereocenters. The van der Waals surface area contributed by atoms with E-state index in [2.05, 4.69) is 22.4 Å². The molecule has 31 heavy (non-hydrogen) atoms. The normalized spacial score (nSPS) is 14.8. The van der Waals surface area contributed by atoms with Crippen molar-refractivity contribution >= 4 is 28.2 Å². The summed E-state index contributed by atoms with van der Waals surface area (Å²) in [7, 11) is 1.60. The van der Waals surface area contributed by atoms with Gasteiger partial charge in [0.05, 0.1) is 12.8 Å². The summed E-state index contributed by atoms with van der Waals surface area (Å²) in [6.45, 7) is 3.76. The summed E-state index contributed by atoms with van der Waals surface area (Å²) >= 11 is 1.67. The zero-order valence-electron chi connectivity index (χ0n) is 17.3. The second-order valence-electron chi connectivity index (χ2n) is 7.57. The predicted octanol–water partition coefficient (Wildman–Crippen LogP) is 4.52. The highest BCUT2D eigenvalue weighted by atomic mass is 32.1. The molecule has 5 rings (SSSR count). The summed E-state index contributed by atoms with van der Waals surface area (Å²) in [5.74, 6) is 0.928. The Hall–Kier alpha value is -3.16. The molecule has 0 saturated carbocycles. The summed E-state index contributed by atoms with van der Waals surface area (Å²) in [6.07, 6.45) is 0. The fraction of sp³-hybridized carbons (Fsp3) is 0.250. The highest BCUT2D eigenvalue weighted by Crippen LogP contribution is 2.29. The molecule has 3 heterocycles. The quantitative estimate of drug-likeness (QED) is 0.463. The fourth-order valence-corrected chi connectivity index (χ4v) is 4.71. The number of methoxy groups -OCH3 is 1. The van der Waals surface area contributed by atoms with Gasteiger partial charge in [0.15, 0.2) is 17.1 Å². The molecule has 1 amide bonds. The van der Waals surface area contributed by atoms with Gasteiger partial charge in [0, 0.05) is 49.1 Å². The van der Waals surface area contributed by atoms with Crippen LogP contribution in [-0.4, -0.2) is 54.0 Å². The van der Waals surface area contributed by atoms with Crippen LogP contribution in [0.5, 0.6) is 5.75 Å². The molecule has 0 radical (unpaired) electrons. The van der Waals surface area contributed by atoms with Crippen molar-refractivity contribution in [2.45, 2.75) is 6.54 Å². The molecule has 0 atom stereocenters. The number of ether oxygens (including phenoxy) is 1. The van der Waals surface area contributed by atoms with Crippen molar-refractivity contribution in [3.8, 4) is 16.3 Å². The van der Waals surface area contributed by atoms with Gasteiger partial charge in [0.1, 0.15) is 5.01 Å². The minimum Gasteiger partial charge on any atom is -0.493 e. The molecular formula is C24H23N3O3S. The van der Waals surface area contributed by atoms with Gasteiger partial charge in [-0.15, -0.1) is 11.3 Å². The molecule has 2 aromatic carbocycles. The van der Waals surface area contributed by atoms with Gasteiger partial charge >= 0.3 is 0 Å². The van der Waals surface area contributed by atoms with Crippen molar-refractivity contribution in [2.24, 2.45) is 0 Å².